The third kappa shape index (κ3) is 5.90. The molecule has 0 radical (unpaired) electrons. The number of ether oxygens (including phenoxy) is 1. The van der Waals surface area contributed by atoms with Gasteiger partial charge >= 0.3 is 5.97 Å². The third-order valence-electron chi connectivity index (χ3n) is 5.26. The van der Waals surface area contributed by atoms with Gasteiger partial charge in [-0.05, 0) is 24.3 Å². The number of esters is 1. The van der Waals surface area contributed by atoms with Crippen molar-refractivity contribution in [1.29, 1.82) is 0 Å². The van der Waals surface area contributed by atoms with Gasteiger partial charge in [0.25, 0.3) is 0 Å². The van der Waals surface area contributed by atoms with Crippen molar-refractivity contribution < 1.29 is 24.1 Å². The third-order valence-corrected chi connectivity index (χ3v) is 5.26. The van der Waals surface area contributed by atoms with Gasteiger partial charge in [-0.1, -0.05) is 30.3 Å². The second-order valence-corrected chi connectivity index (χ2v) is 7.28. The molecule has 1 amide bonds. The van der Waals surface area contributed by atoms with Gasteiger partial charge in [-0.3, -0.25) is 4.79 Å². The fourth-order valence-corrected chi connectivity index (χ4v) is 3.59. The van der Waals surface area contributed by atoms with E-state index in [9.17, 15) is 9.59 Å². The second-order valence-electron chi connectivity index (χ2n) is 7.28. The Morgan fingerprint density at radius 3 is 2.21 bits per heavy atom. The Labute approximate surface area is 166 Å². The molecule has 1 heterocycles. The number of quaternary nitrogens is 2. The van der Waals surface area contributed by atoms with Crippen molar-refractivity contribution in [1.82, 2.24) is 0 Å². The number of hydrogen-bond acceptors (Lipinski definition) is 3. The lowest BCUT2D eigenvalue weighted by molar-refractivity contribution is -1.02. The minimum atomic E-state index is -0.380. The lowest BCUT2D eigenvalue weighted by atomic mass is 10.2. The normalized spacial score (nSPS) is 19.0. The minimum Gasteiger partial charge on any atom is -0.465 e. The molecular weight excluding hydrogens is 354 g/mol. The van der Waals surface area contributed by atoms with Crippen LogP contribution in [-0.2, 0) is 16.1 Å². The maximum absolute atomic E-state index is 12.2. The monoisotopic (exact) mass is 383 g/mol. The largest absolute Gasteiger partial charge is 0.465 e. The van der Waals surface area contributed by atoms with Crippen LogP contribution in [0.15, 0.2) is 54.6 Å². The van der Waals surface area contributed by atoms with Crippen LogP contribution < -0.4 is 15.1 Å². The first-order valence-electron chi connectivity index (χ1n) is 9.83. The topological polar surface area (TPSA) is 64.3 Å². The van der Waals surface area contributed by atoms with Crippen molar-refractivity contribution >= 4 is 17.6 Å². The van der Waals surface area contributed by atoms with E-state index in [2.05, 4.69) is 40.4 Å². The average Bonchev–Trinajstić information content (AvgIpc) is 2.74. The predicted molar refractivity (Wildman–Crippen MR) is 107 cm³/mol. The van der Waals surface area contributed by atoms with E-state index < -0.39 is 0 Å². The Morgan fingerprint density at radius 1 is 0.929 bits per heavy atom. The molecule has 0 aliphatic carbocycles. The number of carbonyl (C=O) groups excluding carboxylic acids is 2. The Kier molecular flexibility index (Phi) is 7.17. The molecule has 1 aliphatic heterocycles. The molecule has 28 heavy (non-hydrogen) atoms. The van der Waals surface area contributed by atoms with E-state index in [1.807, 2.05) is 0 Å². The highest BCUT2D eigenvalue weighted by molar-refractivity contribution is 5.93. The second kappa shape index (κ2) is 10.0. The molecule has 6 heteroatoms. The summed E-state index contributed by atoms with van der Waals surface area (Å²) in [4.78, 5) is 26.8. The number of carbonyl (C=O) groups is 2. The fourth-order valence-electron chi connectivity index (χ4n) is 3.59. The Morgan fingerprint density at radius 2 is 1.57 bits per heavy atom. The lowest BCUT2D eigenvalue weighted by Gasteiger charge is -2.29. The molecule has 2 aromatic carbocycles. The van der Waals surface area contributed by atoms with Crippen LogP contribution in [0.2, 0.25) is 0 Å². The van der Waals surface area contributed by atoms with Crippen molar-refractivity contribution in [2.45, 2.75) is 13.0 Å². The van der Waals surface area contributed by atoms with Gasteiger partial charge in [-0.25, -0.2) is 4.79 Å². The van der Waals surface area contributed by atoms with Crippen molar-refractivity contribution in [2.24, 2.45) is 0 Å². The molecule has 0 saturated carbocycles. The lowest BCUT2D eigenvalue weighted by Crippen LogP contribution is -3.27. The van der Waals surface area contributed by atoms with Gasteiger partial charge < -0.3 is 19.9 Å². The quantitative estimate of drug-likeness (QED) is 0.580. The van der Waals surface area contributed by atoms with Crippen LogP contribution in [0.4, 0.5) is 5.69 Å². The molecule has 3 rings (SSSR count). The summed E-state index contributed by atoms with van der Waals surface area (Å²) in [5, 5.41) is 2.90. The minimum absolute atomic E-state index is 0.0115. The molecule has 0 aromatic heterocycles. The zero-order valence-corrected chi connectivity index (χ0v) is 16.4. The van der Waals surface area contributed by atoms with Gasteiger partial charge in [-0.2, -0.15) is 0 Å². The van der Waals surface area contributed by atoms with E-state index in [4.69, 9.17) is 0 Å². The van der Waals surface area contributed by atoms with Crippen molar-refractivity contribution in [2.75, 3.05) is 45.2 Å². The van der Waals surface area contributed by atoms with E-state index in [1.54, 1.807) is 29.2 Å². The summed E-state index contributed by atoms with van der Waals surface area (Å²) in [6.45, 7) is 6.41. The molecule has 0 bridgehead atoms. The summed E-state index contributed by atoms with van der Waals surface area (Å²) < 4.78 is 4.67. The van der Waals surface area contributed by atoms with Gasteiger partial charge in [0, 0.05) is 11.3 Å². The molecule has 0 atom stereocenters. The van der Waals surface area contributed by atoms with Crippen molar-refractivity contribution in [3.8, 4) is 0 Å². The zero-order chi connectivity index (χ0) is 19.8. The highest BCUT2D eigenvalue weighted by atomic mass is 16.5. The summed E-state index contributed by atoms with van der Waals surface area (Å²) >= 11 is 0. The number of amides is 1. The molecule has 148 valence electrons. The van der Waals surface area contributed by atoms with Gasteiger partial charge in [0.2, 0.25) is 5.91 Å². The maximum Gasteiger partial charge on any atom is 0.337 e. The number of benzene rings is 2. The van der Waals surface area contributed by atoms with Gasteiger partial charge in [-0.15, -0.1) is 0 Å². The molecular formula is C22H29N3O3+2. The van der Waals surface area contributed by atoms with Crippen LogP contribution in [0.5, 0.6) is 0 Å². The van der Waals surface area contributed by atoms with Crippen LogP contribution in [0.25, 0.3) is 0 Å². The SMILES string of the molecule is COC(=O)c1ccc(NC(=O)CC[NH+]2CC[NH+](Cc3ccccc3)CC2)cc1. The first-order valence-corrected chi connectivity index (χ1v) is 9.83. The van der Waals surface area contributed by atoms with Gasteiger partial charge in [0.05, 0.1) is 25.6 Å². The van der Waals surface area contributed by atoms with E-state index in [-0.39, 0.29) is 11.9 Å². The molecule has 1 fully saturated rings. The standard InChI is InChI=1S/C22H27N3O3/c1-28-22(27)19-7-9-20(10-8-19)23-21(26)11-12-24-13-15-25(16-14-24)17-18-5-3-2-4-6-18/h2-10H,11-17H2,1H3,(H,23,26)/p+2. The molecule has 0 spiro atoms. The molecule has 1 saturated heterocycles. The fraction of sp³-hybridized carbons (Fsp3) is 0.364. The maximum atomic E-state index is 12.2. The number of methoxy groups -OCH3 is 1. The molecule has 1 aliphatic rings. The first kappa shape index (κ1) is 20.0. The average molecular weight is 383 g/mol. The number of rotatable bonds is 7. The molecule has 2 aromatic rings. The van der Waals surface area contributed by atoms with Crippen molar-refractivity contribution in [3.63, 3.8) is 0 Å². The molecule has 3 N–H and O–H groups in total. The Balaban J connectivity index is 1.37. The number of piperazine rings is 1. The van der Waals surface area contributed by atoms with Crippen molar-refractivity contribution in [3.05, 3.63) is 65.7 Å². The zero-order valence-electron chi connectivity index (χ0n) is 16.4. The molecule has 6 nitrogen and oxygen atoms in total. The van der Waals surface area contributed by atoms with E-state index >= 15 is 0 Å². The number of hydrogen-bond donors (Lipinski definition) is 3. The van der Waals surface area contributed by atoms with Crippen LogP contribution in [-0.4, -0.2) is 51.7 Å². The van der Waals surface area contributed by atoms with Crippen LogP contribution in [0, 0.1) is 0 Å². The predicted octanol–water partition coefficient (Wildman–Crippen LogP) is -0.215. The van der Waals surface area contributed by atoms with E-state index in [0.29, 0.717) is 17.7 Å². The summed E-state index contributed by atoms with van der Waals surface area (Å²) in [6.07, 6.45) is 0.502. The first-order chi connectivity index (χ1) is 13.6. The van der Waals surface area contributed by atoms with Gasteiger partial charge in [0.15, 0.2) is 0 Å². The van der Waals surface area contributed by atoms with Crippen LogP contribution in [0.3, 0.4) is 0 Å². The Bertz CT molecular complexity index is 769. The smallest absolute Gasteiger partial charge is 0.337 e. The van der Waals surface area contributed by atoms with Gasteiger partial charge in [0.1, 0.15) is 32.7 Å². The molecule has 0 unspecified atom stereocenters. The number of nitrogens with one attached hydrogen (secondary N) is 3. The van der Waals surface area contributed by atoms with E-state index in [0.717, 1.165) is 39.3 Å². The van der Waals surface area contributed by atoms with Crippen LogP contribution >= 0.6 is 0 Å². The highest BCUT2D eigenvalue weighted by Gasteiger charge is 2.23. The summed E-state index contributed by atoms with van der Waals surface area (Å²) in [5.41, 5.74) is 2.56. The summed E-state index contributed by atoms with van der Waals surface area (Å²) in [6, 6.07) is 17.4. The number of anilines is 1. The summed E-state index contributed by atoms with van der Waals surface area (Å²) in [7, 11) is 1.35. The van der Waals surface area contributed by atoms with E-state index in [1.165, 1.54) is 17.6 Å². The Hall–Kier alpha value is -2.70. The highest BCUT2D eigenvalue weighted by Crippen LogP contribution is 2.10. The summed E-state index contributed by atoms with van der Waals surface area (Å²) in [5.74, 6) is -0.368. The van der Waals surface area contributed by atoms with Crippen LogP contribution in [0.1, 0.15) is 22.3 Å².